The molecule has 0 bridgehead atoms. The molecule has 198 valence electrons. The van der Waals surface area contributed by atoms with Crippen molar-refractivity contribution in [2.45, 2.75) is 58.0 Å². The van der Waals surface area contributed by atoms with Crippen LogP contribution in [0.3, 0.4) is 0 Å². The first-order valence-electron chi connectivity index (χ1n) is 12.0. The maximum absolute atomic E-state index is 13.2. The van der Waals surface area contributed by atoms with E-state index in [4.69, 9.17) is 24.5 Å². The quantitative estimate of drug-likeness (QED) is 0.337. The molecule has 0 spiro atoms. The Morgan fingerprint density at radius 2 is 1.74 bits per heavy atom. The van der Waals surface area contributed by atoms with E-state index in [1.807, 2.05) is 24.6 Å². The number of aliphatic hydroxyl groups excluding tert-OH is 2. The predicted molar refractivity (Wildman–Crippen MR) is 124 cm³/mol. The van der Waals surface area contributed by atoms with Crippen LogP contribution in [-0.2, 0) is 32.2 Å². The Hall–Kier alpha value is -2.54. The maximum Gasteiger partial charge on any atom is 0.290 e. The number of nitrogens with zero attached hydrogens (tertiary/aromatic N) is 3. The lowest BCUT2D eigenvalue weighted by molar-refractivity contribution is -0.146. The highest BCUT2D eigenvalue weighted by molar-refractivity contribution is 5.79. The Balaban J connectivity index is 0.000000655. The molecule has 4 rings (SSSR count). The minimum absolute atomic E-state index is 0.0436. The van der Waals surface area contributed by atoms with E-state index in [0.717, 1.165) is 51.5 Å². The van der Waals surface area contributed by atoms with E-state index in [9.17, 15) is 15.0 Å². The molecule has 3 heterocycles. The Labute approximate surface area is 204 Å². The van der Waals surface area contributed by atoms with Crippen molar-refractivity contribution in [3.63, 3.8) is 0 Å². The van der Waals surface area contributed by atoms with E-state index in [1.165, 1.54) is 0 Å². The summed E-state index contributed by atoms with van der Waals surface area (Å²) in [6, 6.07) is 0.440. The predicted octanol–water partition coefficient (Wildman–Crippen LogP) is -0.364. The summed E-state index contributed by atoms with van der Waals surface area (Å²) in [6.45, 7) is 7.69. The van der Waals surface area contributed by atoms with Crippen molar-refractivity contribution < 1.29 is 39.5 Å². The van der Waals surface area contributed by atoms with Crippen molar-refractivity contribution in [1.29, 1.82) is 0 Å². The van der Waals surface area contributed by atoms with Crippen molar-refractivity contribution in [2.75, 3.05) is 26.3 Å². The minimum atomic E-state index is -0.876. The molecular weight excluding hydrogens is 460 g/mol. The molecule has 12 heteroatoms. The Kier molecular flexibility index (Phi) is 11.6. The number of hydrogen-bond acceptors (Lipinski definition) is 8. The van der Waals surface area contributed by atoms with Crippen LogP contribution in [0, 0.1) is 23.7 Å². The van der Waals surface area contributed by atoms with Gasteiger partial charge in [0, 0.05) is 63.1 Å². The van der Waals surface area contributed by atoms with Crippen LogP contribution in [0.4, 0.5) is 0 Å². The van der Waals surface area contributed by atoms with Crippen LogP contribution < -0.4 is 5.32 Å². The van der Waals surface area contributed by atoms with Crippen molar-refractivity contribution in [2.24, 2.45) is 23.7 Å². The van der Waals surface area contributed by atoms with Gasteiger partial charge in [-0.15, -0.1) is 0 Å². The second kappa shape index (κ2) is 14.1. The van der Waals surface area contributed by atoms with Gasteiger partial charge < -0.3 is 35.0 Å². The monoisotopic (exact) mass is 498 g/mol. The highest BCUT2D eigenvalue weighted by Gasteiger charge is 2.54. The van der Waals surface area contributed by atoms with Crippen LogP contribution in [-0.4, -0.2) is 98.3 Å². The molecule has 2 aliphatic heterocycles. The third kappa shape index (κ3) is 7.00. The molecule has 0 unspecified atom stereocenters. The molecule has 1 saturated carbocycles. The van der Waals surface area contributed by atoms with Gasteiger partial charge in [0.15, 0.2) is 0 Å². The molecule has 1 aromatic rings. The molecule has 6 atom stereocenters. The highest BCUT2D eigenvalue weighted by atomic mass is 16.5. The number of aliphatic hydroxyl groups is 2. The highest BCUT2D eigenvalue weighted by Crippen LogP contribution is 2.44. The molecule has 35 heavy (non-hydrogen) atoms. The normalized spacial score (nSPS) is 30.6. The van der Waals surface area contributed by atoms with Gasteiger partial charge in [-0.1, -0.05) is 6.92 Å². The summed E-state index contributed by atoms with van der Waals surface area (Å²) in [4.78, 5) is 36.7. The fraction of sp³-hybridized carbons (Fsp3) is 0.739. The van der Waals surface area contributed by atoms with Crippen molar-refractivity contribution >= 4 is 18.9 Å². The maximum atomic E-state index is 13.2. The molecule has 12 nitrogen and oxygen atoms in total. The standard InChI is InChI=1S/C21H34N4O4.2CH2O2/c1-3-24-7-6-22-17(24)10-23-21(28)18-13(2)19(26)20(27)16-12-25(11-15(16)18)14-4-8-29-9-5-14;2*2-1-3/h6-7,13-16,18-20,26-27H,3-5,8-12H2,1-2H3,(H,23,28);2*1H,(H,2,3)/t13-,15+,16+,18+,19+,20+;;/m1../s1. The van der Waals surface area contributed by atoms with Crippen LogP contribution in [0.15, 0.2) is 12.4 Å². The number of rotatable bonds is 5. The molecule has 2 saturated heterocycles. The van der Waals surface area contributed by atoms with E-state index in [1.54, 1.807) is 6.20 Å². The van der Waals surface area contributed by atoms with E-state index in [2.05, 4.69) is 15.2 Å². The lowest BCUT2D eigenvalue weighted by Crippen LogP contribution is -2.55. The molecule has 1 amide bonds. The summed E-state index contributed by atoms with van der Waals surface area (Å²) in [6.07, 6.45) is 3.98. The largest absolute Gasteiger partial charge is 0.483 e. The van der Waals surface area contributed by atoms with Crippen LogP contribution in [0.5, 0.6) is 0 Å². The van der Waals surface area contributed by atoms with Crippen molar-refractivity contribution in [3.8, 4) is 0 Å². The molecule has 0 radical (unpaired) electrons. The van der Waals surface area contributed by atoms with E-state index < -0.39 is 12.2 Å². The van der Waals surface area contributed by atoms with Gasteiger partial charge in [-0.05, 0) is 31.6 Å². The van der Waals surface area contributed by atoms with Crippen LogP contribution >= 0.6 is 0 Å². The average Bonchev–Trinajstić information content (AvgIpc) is 3.50. The first-order valence-corrected chi connectivity index (χ1v) is 12.0. The summed E-state index contributed by atoms with van der Waals surface area (Å²) in [5.74, 6) is 0.171. The molecular formula is C23H38N4O8. The number of carbonyl (C=O) groups excluding carboxylic acids is 1. The number of fused-ring (bicyclic) bond motifs is 1. The first-order chi connectivity index (χ1) is 16.8. The van der Waals surface area contributed by atoms with E-state index in [0.29, 0.717) is 12.6 Å². The molecule has 1 aromatic heterocycles. The Morgan fingerprint density at radius 1 is 1.14 bits per heavy atom. The van der Waals surface area contributed by atoms with Crippen LogP contribution in [0.25, 0.3) is 0 Å². The van der Waals surface area contributed by atoms with Gasteiger partial charge in [-0.25, -0.2) is 4.98 Å². The van der Waals surface area contributed by atoms with Gasteiger partial charge in [-0.3, -0.25) is 19.3 Å². The Morgan fingerprint density at radius 3 is 2.34 bits per heavy atom. The number of likely N-dealkylation sites (tertiary alicyclic amines) is 1. The van der Waals surface area contributed by atoms with Crippen molar-refractivity contribution in [1.82, 2.24) is 19.8 Å². The number of aromatic nitrogens is 2. The van der Waals surface area contributed by atoms with E-state index >= 15 is 0 Å². The third-order valence-electron chi connectivity index (χ3n) is 7.37. The summed E-state index contributed by atoms with van der Waals surface area (Å²) in [7, 11) is 0. The number of nitrogens with one attached hydrogen (secondary N) is 1. The lowest BCUT2D eigenvalue weighted by atomic mass is 9.65. The van der Waals surface area contributed by atoms with Gasteiger partial charge in [0.2, 0.25) is 5.91 Å². The number of aryl methyl sites for hydroxylation is 1. The van der Waals surface area contributed by atoms with Gasteiger partial charge in [0.25, 0.3) is 12.9 Å². The SMILES string of the molecule is CCn1ccnc1CNC(=O)[C@H]1[C@@H](C)[C@H](O)[C@@H](O)[C@H]2CN(C3CCOCC3)C[C@@H]21.O=CO.O=CO. The summed E-state index contributed by atoms with van der Waals surface area (Å²) in [5.41, 5.74) is 0. The second-order valence-corrected chi connectivity index (χ2v) is 9.05. The molecule has 0 aromatic carbocycles. The summed E-state index contributed by atoms with van der Waals surface area (Å²) >= 11 is 0. The lowest BCUT2D eigenvalue weighted by Gasteiger charge is -2.43. The fourth-order valence-electron chi connectivity index (χ4n) is 5.66. The second-order valence-electron chi connectivity index (χ2n) is 9.05. The Bertz CT molecular complexity index is 794. The first kappa shape index (κ1) is 28.7. The number of ether oxygens (including phenoxy) is 1. The van der Waals surface area contributed by atoms with Crippen LogP contribution in [0.1, 0.15) is 32.5 Å². The average molecular weight is 499 g/mol. The van der Waals surface area contributed by atoms with Crippen molar-refractivity contribution in [3.05, 3.63) is 18.2 Å². The summed E-state index contributed by atoms with van der Waals surface area (Å²) in [5, 5.41) is 38.2. The summed E-state index contributed by atoms with van der Waals surface area (Å²) < 4.78 is 7.50. The van der Waals surface area contributed by atoms with Crippen LogP contribution in [0.2, 0.25) is 0 Å². The van der Waals surface area contributed by atoms with Gasteiger partial charge in [-0.2, -0.15) is 0 Å². The number of carbonyl (C=O) groups is 3. The number of hydrogen-bond donors (Lipinski definition) is 5. The third-order valence-corrected chi connectivity index (χ3v) is 7.37. The zero-order valence-corrected chi connectivity index (χ0v) is 20.3. The zero-order valence-electron chi connectivity index (χ0n) is 20.3. The van der Waals surface area contributed by atoms with Gasteiger partial charge in [0.1, 0.15) is 5.82 Å². The molecule has 1 aliphatic carbocycles. The topological polar surface area (TPSA) is 174 Å². The number of imidazole rings is 1. The molecule has 3 fully saturated rings. The minimum Gasteiger partial charge on any atom is -0.483 e. The smallest absolute Gasteiger partial charge is 0.290 e. The molecule has 3 aliphatic rings. The van der Waals surface area contributed by atoms with Gasteiger partial charge >= 0.3 is 0 Å². The van der Waals surface area contributed by atoms with Gasteiger partial charge in [0.05, 0.1) is 18.8 Å². The molecule has 5 N–H and O–H groups in total. The van der Waals surface area contributed by atoms with E-state index in [-0.39, 0.29) is 42.5 Å². The zero-order chi connectivity index (χ0) is 26.0. The fourth-order valence-corrected chi connectivity index (χ4v) is 5.66. The number of carboxylic acid groups (broad SMARTS) is 2. The number of amides is 1.